The first-order chi connectivity index (χ1) is 11.3. The van der Waals surface area contributed by atoms with Gasteiger partial charge in [0.25, 0.3) is 0 Å². The molecule has 0 unspecified atom stereocenters. The highest BCUT2D eigenvalue weighted by Gasteiger charge is 2.31. The lowest BCUT2D eigenvalue weighted by Gasteiger charge is -2.24. The minimum absolute atomic E-state index is 0.199. The van der Waals surface area contributed by atoms with Crippen molar-refractivity contribution in [1.29, 1.82) is 0 Å². The van der Waals surface area contributed by atoms with Crippen molar-refractivity contribution < 1.29 is 4.74 Å². The Hall–Kier alpha value is -1.92. The van der Waals surface area contributed by atoms with Crippen LogP contribution >= 0.6 is 22.9 Å². The van der Waals surface area contributed by atoms with Gasteiger partial charge in [-0.1, -0.05) is 23.7 Å². The first-order valence-corrected chi connectivity index (χ1v) is 8.64. The molecule has 23 heavy (non-hydrogen) atoms. The summed E-state index contributed by atoms with van der Waals surface area (Å²) in [6.45, 7) is 0.903. The zero-order valence-corrected chi connectivity index (χ0v) is 14.1. The van der Waals surface area contributed by atoms with E-state index in [4.69, 9.17) is 21.3 Å². The second-order valence-corrected chi connectivity index (χ2v) is 6.87. The summed E-state index contributed by atoms with van der Waals surface area (Å²) in [7, 11) is 1.56. The molecule has 0 aliphatic carbocycles. The van der Waals surface area contributed by atoms with Crippen molar-refractivity contribution in [3.8, 4) is 6.01 Å². The molecule has 3 heterocycles. The molecule has 4 rings (SSSR count). The quantitative estimate of drug-likeness (QED) is 0.715. The van der Waals surface area contributed by atoms with Gasteiger partial charge in [0.05, 0.1) is 29.6 Å². The molecule has 0 N–H and O–H groups in total. The smallest absolute Gasteiger partial charge is 0.318 e. The SMILES string of the molecule is COc1ncc(Cl)c(N2CCC[C@H]2c2nc3ccccc3s2)n1. The van der Waals surface area contributed by atoms with Gasteiger partial charge in [-0.3, -0.25) is 0 Å². The fourth-order valence-electron chi connectivity index (χ4n) is 2.95. The zero-order chi connectivity index (χ0) is 15.8. The van der Waals surface area contributed by atoms with Crippen molar-refractivity contribution in [2.45, 2.75) is 18.9 Å². The summed E-state index contributed by atoms with van der Waals surface area (Å²) in [5.74, 6) is 0.722. The number of thiazole rings is 1. The van der Waals surface area contributed by atoms with Crippen molar-refractivity contribution in [3.63, 3.8) is 0 Å². The molecular weight excluding hydrogens is 332 g/mol. The topological polar surface area (TPSA) is 51.1 Å². The van der Waals surface area contributed by atoms with Crippen LogP contribution in [0.5, 0.6) is 6.01 Å². The molecule has 0 radical (unpaired) electrons. The molecule has 1 fully saturated rings. The van der Waals surface area contributed by atoms with Gasteiger partial charge in [0, 0.05) is 6.54 Å². The normalized spacial score (nSPS) is 17.8. The zero-order valence-electron chi connectivity index (χ0n) is 12.6. The molecule has 0 spiro atoms. The number of halogens is 1. The van der Waals surface area contributed by atoms with E-state index >= 15 is 0 Å². The lowest BCUT2D eigenvalue weighted by Crippen LogP contribution is -2.24. The molecule has 0 bridgehead atoms. The van der Waals surface area contributed by atoms with E-state index < -0.39 is 0 Å². The Morgan fingerprint density at radius 2 is 2.17 bits per heavy atom. The van der Waals surface area contributed by atoms with E-state index in [1.807, 2.05) is 12.1 Å². The molecule has 1 aromatic carbocycles. The summed E-state index contributed by atoms with van der Waals surface area (Å²) in [5, 5.41) is 1.65. The van der Waals surface area contributed by atoms with E-state index in [1.165, 1.54) is 4.70 Å². The van der Waals surface area contributed by atoms with Gasteiger partial charge in [0.1, 0.15) is 10.0 Å². The third kappa shape index (κ3) is 2.62. The van der Waals surface area contributed by atoms with Crippen LogP contribution in [0.25, 0.3) is 10.2 Å². The number of fused-ring (bicyclic) bond motifs is 1. The highest BCUT2D eigenvalue weighted by Crippen LogP contribution is 2.40. The molecular formula is C16H15ClN4OS. The van der Waals surface area contributed by atoms with Gasteiger partial charge in [-0.2, -0.15) is 4.98 Å². The Bertz CT molecular complexity index is 820. The summed E-state index contributed by atoms with van der Waals surface area (Å²) >= 11 is 8.06. The molecule has 0 amide bonds. The van der Waals surface area contributed by atoms with Gasteiger partial charge in [0.2, 0.25) is 0 Å². The van der Waals surface area contributed by atoms with Crippen molar-refractivity contribution in [3.05, 3.63) is 40.5 Å². The number of methoxy groups -OCH3 is 1. The Labute approximate surface area is 142 Å². The molecule has 0 saturated carbocycles. The second kappa shape index (κ2) is 5.94. The number of hydrogen-bond acceptors (Lipinski definition) is 6. The van der Waals surface area contributed by atoms with Gasteiger partial charge in [-0.25, -0.2) is 9.97 Å². The second-order valence-electron chi connectivity index (χ2n) is 5.40. The summed E-state index contributed by atoms with van der Waals surface area (Å²) in [6.07, 6.45) is 3.72. The Morgan fingerprint density at radius 3 is 3.00 bits per heavy atom. The molecule has 7 heteroatoms. The van der Waals surface area contributed by atoms with Crippen LogP contribution in [0.3, 0.4) is 0 Å². The number of hydrogen-bond donors (Lipinski definition) is 0. The molecule has 1 aliphatic heterocycles. The minimum Gasteiger partial charge on any atom is -0.467 e. The number of ether oxygens (including phenoxy) is 1. The van der Waals surface area contributed by atoms with E-state index in [2.05, 4.69) is 27.0 Å². The van der Waals surface area contributed by atoms with E-state index in [9.17, 15) is 0 Å². The van der Waals surface area contributed by atoms with Crippen LogP contribution in [0, 0.1) is 0 Å². The van der Waals surface area contributed by atoms with Crippen molar-refractivity contribution >= 4 is 39.0 Å². The van der Waals surface area contributed by atoms with E-state index in [-0.39, 0.29) is 6.04 Å². The molecule has 1 saturated heterocycles. The van der Waals surface area contributed by atoms with E-state index in [0.717, 1.165) is 35.7 Å². The predicted octanol–water partition coefficient (Wildman–Crippen LogP) is 4.09. The number of para-hydroxylation sites is 1. The number of aromatic nitrogens is 3. The Balaban J connectivity index is 1.74. The molecule has 2 aromatic heterocycles. The minimum atomic E-state index is 0.199. The van der Waals surface area contributed by atoms with Crippen LogP contribution in [-0.4, -0.2) is 28.6 Å². The van der Waals surface area contributed by atoms with Crippen LogP contribution in [0.2, 0.25) is 5.02 Å². The van der Waals surface area contributed by atoms with Gasteiger partial charge >= 0.3 is 6.01 Å². The average molecular weight is 347 g/mol. The molecule has 5 nitrogen and oxygen atoms in total. The van der Waals surface area contributed by atoms with E-state index in [0.29, 0.717) is 11.0 Å². The molecule has 1 aliphatic rings. The molecule has 1 atom stereocenters. The average Bonchev–Trinajstić information content (AvgIpc) is 3.21. The van der Waals surface area contributed by atoms with Crippen LogP contribution in [0.4, 0.5) is 5.82 Å². The number of anilines is 1. The standard InChI is InChI=1S/C16H15ClN4OS/c1-22-16-18-9-10(17)14(20-16)21-8-4-6-12(21)15-19-11-5-2-3-7-13(11)23-15/h2-3,5,7,9,12H,4,6,8H2,1H3/t12-/m0/s1. The first-order valence-electron chi connectivity index (χ1n) is 7.45. The van der Waals surface area contributed by atoms with Crippen LogP contribution in [-0.2, 0) is 0 Å². The summed E-state index contributed by atoms with van der Waals surface area (Å²) in [6, 6.07) is 8.75. The van der Waals surface area contributed by atoms with Crippen molar-refractivity contribution in [2.75, 3.05) is 18.6 Å². The predicted molar refractivity (Wildman–Crippen MR) is 92.5 cm³/mol. The third-order valence-electron chi connectivity index (χ3n) is 4.01. The maximum atomic E-state index is 6.33. The molecule has 118 valence electrons. The Morgan fingerprint density at radius 1 is 1.30 bits per heavy atom. The largest absolute Gasteiger partial charge is 0.467 e. The number of rotatable bonds is 3. The summed E-state index contributed by atoms with van der Waals surface area (Å²) in [4.78, 5) is 15.5. The van der Waals surface area contributed by atoms with Crippen molar-refractivity contribution in [2.24, 2.45) is 0 Å². The summed E-state index contributed by atoms with van der Waals surface area (Å²) in [5.41, 5.74) is 1.05. The molecule has 3 aromatic rings. The fraction of sp³-hybridized carbons (Fsp3) is 0.312. The first kappa shape index (κ1) is 14.7. The fourth-order valence-corrected chi connectivity index (χ4v) is 4.27. The van der Waals surface area contributed by atoms with Gasteiger partial charge in [-0.15, -0.1) is 11.3 Å². The third-order valence-corrected chi connectivity index (χ3v) is 5.41. The van der Waals surface area contributed by atoms with Crippen LogP contribution in [0.15, 0.2) is 30.5 Å². The maximum Gasteiger partial charge on any atom is 0.318 e. The maximum absolute atomic E-state index is 6.33. The monoisotopic (exact) mass is 346 g/mol. The lowest BCUT2D eigenvalue weighted by molar-refractivity contribution is 0.379. The van der Waals surface area contributed by atoms with Crippen molar-refractivity contribution in [1.82, 2.24) is 15.0 Å². The lowest BCUT2D eigenvalue weighted by atomic mass is 10.2. The number of benzene rings is 1. The van der Waals surface area contributed by atoms with Gasteiger partial charge < -0.3 is 9.64 Å². The highest BCUT2D eigenvalue weighted by atomic mass is 35.5. The summed E-state index contributed by atoms with van der Waals surface area (Å²) < 4.78 is 6.35. The highest BCUT2D eigenvalue weighted by molar-refractivity contribution is 7.18. The van der Waals surface area contributed by atoms with Gasteiger partial charge in [0.15, 0.2) is 5.82 Å². The van der Waals surface area contributed by atoms with E-state index in [1.54, 1.807) is 24.6 Å². The van der Waals surface area contributed by atoms with Gasteiger partial charge in [-0.05, 0) is 25.0 Å². The number of nitrogens with zero attached hydrogens (tertiary/aromatic N) is 4. The van der Waals surface area contributed by atoms with Crippen LogP contribution < -0.4 is 9.64 Å². The van der Waals surface area contributed by atoms with Crippen LogP contribution in [0.1, 0.15) is 23.9 Å². The Kier molecular flexibility index (Phi) is 3.79.